The third-order valence-corrected chi connectivity index (χ3v) is 9.98. The Hall–Kier alpha value is -4.48. The molecule has 49 heavy (non-hydrogen) atoms. The minimum Gasteiger partial charge on any atom is -0.481 e. The lowest BCUT2D eigenvalue weighted by molar-refractivity contribution is -0.120. The van der Waals surface area contributed by atoms with Crippen LogP contribution in [0.5, 0.6) is 5.88 Å². The number of benzene rings is 2. The number of nitrogens with zero attached hydrogens (tertiary/aromatic N) is 3. The van der Waals surface area contributed by atoms with Crippen molar-refractivity contribution in [1.82, 2.24) is 35.6 Å². The molecule has 0 bridgehead atoms. The molecule has 252 valence electrons. The molecule has 4 N–H and O–H groups in total. The van der Waals surface area contributed by atoms with Gasteiger partial charge in [0.05, 0.1) is 34.7 Å². The molecule has 0 unspecified atom stereocenters. The number of carbonyl (C=O) groups excluding carboxylic acids is 2. The van der Waals surface area contributed by atoms with E-state index in [0.29, 0.717) is 54.1 Å². The number of hydrogen-bond acceptors (Lipinski definition) is 7. The van der Waals surface area contributed by atoms with Gasteiger partial charge >= 0.3 is 0 Å². The molecule has 2 saturated heterocycles. The lowest BCUT2D eigenvalue weighted by Crippen LogP contribution is -2.35. The number of nitrogens with one attached hydrogen (secondary N) is 4. The van der Waals surface area contributed by atoms with E-state index in [1.54, 1.807) is 7.11 Å². The number of halogens is 2. The van der Waals surface area contributed by atoms with E-state index in [-0.39, 0.29) is 23.9 Å². The highest BCUT2D eigenvalue weighted by Crippen LogP contribution is 2.42. The van der Waals surface area contributed by atoms with Crippen LogP contribution in [0, 0.1) is 0 Å². The van der Waals surface area contributed by atoms with Gasteiger partial charge < -0.3 is 30.4 Å². The van der Waals surface area contributed by atoms with Crippen LogP contribution in [0.25, 0.3) is 39.2 Å². The van der Waals surface area contributed by atoms with E-state index in [4.69, 9.17) is 32.9 Å². The Morgan fingerprint density at radius 1 is 0.837 bits per heavy atom. The van der Waals surface area contributed by atoms with Crippen LogP contribution in [0.4, 0.5) is 0 Å². The average Bonchev–Trinajstić information content (AvgIpc) is 3.84. The molecule has 2 fully saturated rings. The molecule has 2 aliphatic rings. The molecule has 2 aromatic carbocycles. The van der Waals surface area contributed by atoms with E-state index < -0.39 is 0 Å². The van der Waals surface area contributed by atoms with Gasteiger partial charge in [0.1, 0.15) is 5.65 Å². The second-order valence-electron chi connectivity index (χ2n) is 12.5. The Bertz CT molecular complexity index is 2030. The van der Waals surface area contributed by atoms with Crippen molar-refractivity contribution in [3.63, 3.8) is 0 Å². The highest BCUT2D eigenvalue weighted by atomic mass is 35.5. The smallest absolute Gasteiger partial charge is 0.220 e. The molecule has 2 amide bonds. The van der Waals surface area contributed by atoms with Gasteiger partial charge in [0.15, 0.2) is 0 Å². The predicted octanol–water partition coefficient (Wildman–Crippen LogP) is 5.78. The molecule has 2 aliphatic heterocycles. The number of rotatable bonds is 12. The highest BCUT2D eigenvalue weighted by molar-refractivity contribution is 6.39. The van der Waals surface area contributed by atoms with E-state index in [0.717, 1.165) is 64.1 Å². The first-order valence-corrected chi connectivity index (χ1v) is 17.2. The Morgan fingerprint density at radius 3 is 2.12 bits per heavy atom. The fraction of sp³-hybridized carbons (Fsp3) is 0.297. The third-order valence-electron chi connectivity index (χ3n) is 9.17. The van der Waals surface area contributed by atoms with Gasteiger partial charge in [0.25, 0.3) is 0 Å². The van der Waals surface area contributed by atoms with Crippen LogP contribution in [-0.4, -0.2) is 58.5 Å². The molecule has 7 rings (SSSR count). The van der Waals surface area contributed by atoms with Crippen molar-refractivity contribution >= 4 is 40.7 Å². The number of imidazole rings is 1. The molecule has 2 atom stereocenters. The van der Waals surface area contributed by atoms with Gasteiger partial charge in [0, 0.05) is 85.1 Å². The van der Waals surface area contributed by atoms with Crippen molar-refractivity contribution in [3.05, 3.63) is 94.4 Å². The summed E-state index contributed by atoms with van der Waals surface area (Å²) in [6.07, 6.45) is 6.74. The maximum atomic E-state index is 11.5. The first-order valence-electron chi connectivity index (χ1n) is 16.5. The van der Waals surface area contributed by atoms with Crippen LogP contribution in [0.2, 0.25) is 10.0 Å². The number of amides is 2. The zero-order valence-corrected chi connectivity index (χ0v) is 28.6. The SMILES string of the molecule is COc1nc(-c2cccc(-c3cccc(-c4ccn5c(CNC[C@H]6CCC(=O)N6)cnc5c4)c3Cl)c2Cl)ccc1CNC[C@H]1CCC(=O)N1. The Morgan fingerprint density at radius 2 is 1.47 bits per heavy atom. The van der Waals surface area contributed by atoms with Gasteiger partial charge in [-0.25, -0.2) is 9.97 Å². The van der Waals surface area contributed by atoms with E-state index in [9.17, 15) is 9.59 Å². The fourth-order valence-electron chi connectivity index (χ4n) is 6.58. The van der Waals surface area contributed by atoms with Crippen LogP contribution in [0.15, 0.2) is 73.1 Å². The topological polar surface area (TPSA) is 122 Å². The standard InChI is InChI=1S/C37H37Cl2N7O3/c1-49-37-23(17-40-18-24-9-12-33(47)43-24)8-11-31(45-37)30-7-3-6-29(36(30)39)28-5-2-4-27(35(28)38)22-14-15-46-26(21-42-32(46)16-22)20-41-19-25-10-13-34(48)44-25/h2-8,11,14-16,21,24-25,40-41H,9-10,12-13,17-20H2,1H3,(H,43,47)(H,44,48)/t24-,25-/m1/s1. The highest BCUT2D eigenvalue weighted by Gasteiger charge is 2.22. The molecular weight excluding hydrogens is 661 g/mol. The maximum absolute atomic E-state index is 11.5. The summed E-state index contributed by atoms with van der Waals surface area (Å²) in [6, 6.07) is 20.1. The maximum Gasteiger partial charge on any atom is 0.220 e. The van der Waals surface area contributed by atoms with Gasteiger partial charge in [-0.3, -0.25) is 9.59 Å². The summed E-state index contributed by atoms with van der Waals surface area (Å²) >= 11 is 14.2. The molecule has 5 heterocycles. The minimum atomic E-state index is 0.102. The molecular formula is C37H37Cl2N7O3. The molecule has 0 saturated carbocycles. The summed E-state index contributed by atoms with van der Waals surface area (Å²) in [7, 11) is 1.60. The zero-order chi connectivity index (χ0) is 33.9. The number of methoxy groups -OCH3 is 1. The lowest BCUT2D eigenvalue weighted by atomic mass is 9.97. The fourth-order valence-corrected chi connectivity index (χ4v) is 7.24. The van der Waals surface area contributed by atoms with Crippen molar-refractivity contribution in [1.29, 1.82) is 0 Å². The van der Waals surface area contributed by atoms with Crippen LogP contribution in [0.3, 0.4) is 0 Å². The molecule has 12 heteroatoms. The summed E-state index contributed by atoms with van der Waals surface area (Å²) in [5.41, 5.74) is 7.63. The van der Waals surface area contributed by atoms with Crippen molar-refractivity contribution in [2.45, 2.75) is 50.9 Å². The Balaban J connectivity index is 1.09. The summed E-state index contributed by atoms with van der Waals surface area (Å²) in [5.74, 6) is 0.732. The van der Waals surface area contributed by atoms with Crippen molar-refractivity contribution in [2.24, 2.45) is 0 Å². The normalized spacial score (nSPS) is 17.4. The van der Waals surface area contributed by atoms with Gasteiger partial charge in [0.2, 0.25) is 17.7 Å². The summed E-state index contributed by atoms with van der Waals surface area (Å²) in [5, 5.41) is 13.9. The molecule has 3 aromatic heterocycles. The van der Waals surface area contributed by atoms with Gasteiger partial charge in [-0.15, -0.1) is 0 Å². The number of aromatic nitrogens is 3. The van der Waals surface area contributed by atoms with Crippen molar-refractivity contribution in [2.75, 3.05) is 20.2 Å². The third kappa shape index (κ3) is 7.14. The monoisotopic (exact) mass is 697 g/mol. The van der Waals surface area contributed by atoms with E-state index in [2.05, 4.69) is 30.7 Å². The molecule has 10 nitrogen and oxygen atoms in total. The van der Waals surface area contributed by atoms with Gasteiger partial charge in [-0.1, -0.05) is 65.7 Å². The van der Waals surface area contributed by atoms with Crippen LogP contribution in [0.1, 0.15) is 36.9 Å². The van der Waals surface area contributed by atoms with Crippen LogP contribution in [-0.2, 0) is 22.7 Å². The summed E-state index contributed by atoms with van der Waals surface area (Å²) < 4.78 is 7.71. The number of pyridine rings is 2. The van der Waals surface area contributed by atoms with Gasteiger partial charge in [-0.2, -0.15) is 0 Å². The molecule has 0 aliphatic carbocycles. The lowest BCUT2D eigenvalue weighted by Gasteiger charge is -2.16. The second-order valence-corrected chi connectivity index (χ2v) is 13.2. The first kappa shape index (κ1) is 33.0. The molecule has 0 radical (unpaired) electrons. The number of hydrogen-bond donors (Lipinski definition) is 4. The second kappa shape index (κ2) is 14.6. The van der Waals surface area contributed by atoms with E-state index in [1.807, 2.05) is 73.1 Å². The van der Waals surface area contributed by atoms with Crippen LogP contribution >= 0.6 is 23.2 Å². The Kier molecular flexibility index (Phi) is 9.81. The van der Waals surface area contributed by atoms with E-state index in [1.165, 1.54) is 0 Å². The number of carbonyl (C=O) groups is 2. The summed E-state index contributed by atoms with van der Waals surface area (Å²) in [6.45, 7) is 2.60. The van der Waals surface area contributed by atoms with E-state index >= 15 is 0 Å². The van der Waals surface area contributed by atoms with Crippen molar-refractivity contribution in [3.8, 4) is 39.4 Å². The number of fused-ring (bicyclic) bond motifs is 1. The largest absolute Gasteiger partial charge is 0.481 e. The average molecular weight is 699 g/mol. The molecule has 0 spiro atoms. The predicted molar refractivity (Wildman–Crippen MR) is 192 cm³/mol. The quantitative estimate of drug-likeness (QED) is 0.130. The Labute approximate surface area is 294 Å². The molecule has 5 aromatic rings. The summed E-state index contributed by atoms with van der Waals surface area (Å²) in [4.78, 5) is 32.5. The minimum absolute atomic E-state index is 0.102. The zero-order valence-electron chi connectivity index (χ0n) is 27.1. The first-order chi connectivity index (χ1) is 23.9. The van der Waals surface area contributed by atoms with Crippen LogP contribution < -0.4 is 26.0 Å². The number of ether oxygens (including phenoxy) is 1. The van der Waals surface area contributed by atoms with Gasteiger partial charge in [-0.05, 0) is 36.6 Å². The van der Waals surface area contributed by atoms with Crippen molar-refractivity contribution < 1.29 is 14.3 Å².